The molecule has 0 bridgehead atoms. The van der Waals surface area contributed by atoms with Crippen LogP contribution in [0.2, 0.25) is 0 Å². The third-order valence-electron chi connectivity index (χ3n) is 5.77. The van der Waals surface area contributed by atoms with Crippen molar-refractivity contribution in [1.82, 2.24) is 19.9 Å². The maximum atomic E-state index is 6.19. The SMILES string of the molecule is COc1ccc2c(c1)CC(c1nc3c(OCCN(C)C)cc(-c4ccnc(N)n4)cc3s1)CO2. The highest BCUT2D eigenvalue weighted by molar-refractivity contribution is 7.18. The van der Waals surface area contributed by atoms with E-state index in [0.717, 1.165) is 62.3 Å². The van der Waals surface area contributed by atoms with Crippen LogP contribution in [0.3, 0.4) is 0 Å². The molecule has 2 aromatic carbocycles. The number of rotatable bonds is 7. The normalized spacial score (nSPS) is 15.2. The lowest BCUT2D eigenvalue weighted by Crippen LogP contribution is -2.19. The number of benzene rings is 2. The lowest BCUT2D eigenvalue weighted by Gasteiger charge is -2.24. The first kappa shape index (κ1) is 22.4. The van der Waals surface area contributed by atoms with E-state index in [1.54, 1.807) is 24.6 Å². The highest BCUT2D eigenvalue weighted by atomic mass is 32.1. The molecule has 5 rings (SSSR count). The number of fused-ring (bicyclic) bond motifs is 2. The van der Waals surface area contributed by atoms with Gasteiger partial charge in [-0.25, -0.2) is 15.0 Å². The molecule has 0 amide bonds. The Labute approximate surface area is 202 Å². The van der Waals surface area contributed by atoms with Gasteiger partial charge in [0.25, 0.3) is 0 Å². The highest BCUT2D eigenvalue weighted by Crippen LogP contribution is 2.40. The van der Waals surface area contributed by atoms with Crippen LogP contribution in [0.25, 0.3) is 21.5 Å². The van der Waals surface area contributed by atoms with Crippen molar-refractivity contribution in [3.8, 4) is 28.5 Å². The maximum Gasteiger partial charge on any atom is 0.220 e. The summed E-state index contributed by atoms with van der Waals surface area (Å²) < 4.78 is 18.7. The first-order chi connectivity index (χ1) is 16.5. The van der Waals surface area contributed by atoms with Crippen molar-refractivity contribution in [2.45, 2.75) is 12.3 Å². The number of thiazole rings is 1. The summed E-state index contributed by atoms with van der Waals surface area (Å²) in [5, 5.41) is 1.03. The van der Waals surface area contributed by atoms with Crippen LogP contribution < -0.4 is 19.9 Å². The fourth-order valence-electron chi connectivity index (χ4n) is 3.98. The summed E-state index contributed by atoms with van der Waals surface area (Å²) in [6.07, 6.45) is 2.51. The molecular formula is C25H27N5O3S. The molecule has 2 aromatic heterocycles. The summed E-state index contributed by atoms with van der Waals surface area (Å²) >= 11 is 1.67. The van der Waals surface area contributed by atoms with Crippen molar-refractivity contribution in [1.29, 1.82) is 0 Å². The van der Waals surface area contributed by atoms with Crippen LogP contribution in [0.15, 0.2) is 42.6 Å². The minimum Gasteiger partial charge on any atom is -0.497 e. The van der Waals surface area contributed by atoms with Gasteiger partial charge in [-0.1, -0.05) is 0 Å². The summed E-state index contributed by atoms with van der Waals surface area (Å²) in [5.74, 6) is 2.89. The van der Waals surface area contributed by atoms with Gasteiger partial charge >= 0.3 is 0 Å². The molecule has 0 spiro atoms. The minimum absolute atomic E-state index is 0.157. The van der Waals surface area contributed by atoms with Crippen LogP contribution in [-0.4, -0.2) is 60.8 Å². The van der Waals surface area contributed by atoms with E-state index in [0.29, 0.717) is 13.2 Å². The number of nitrogens with zero attached hydrogens (tertiary/aromatic N) is 4. The first-order valence-electron chi connectivity index (χ1n) is 11.1. The van der Waals surface area contributed by atoms with Crippen molar-refractivity contribution in [2.75, 3.05) is 46.7 Å². The van der Waals surface area contributed by atoms with Gasteiger partial charge in [0.05, 0.1) is 24.1 Å². The van der Waals surface area contributed by atoms with Crippen LogP contribution >= 0.6 is 11.3 Å². The van der Waals surface area contributed by atoms with E-state index in [4.69, 9.17) is 24.9 Å². The lowest BCUT2D eigenvalue weighted by atomic mass is 9.97. The molecule has 4 aromatic rings. The van der Waals surface area contributed by atoms with Crippen molar-refractivity contribution in [2.24, 2.45) is 0 Å². The smallest absolute Gasteiger partial charge is 0.220 e. The predicted molar refractivity (Wildman–Crippen MR) is 134 cm³/mol. The molecule has 1 aliphatic heterocycles. The Balaban J connectivity index is 1.51. The topological polar surface area (TPSA) is 95.6 Å². The van der Waals surface area contributed by atoms with Crippen molar-refractivity contribution in [3.05, 3.63) is 53.2 Å². The van der Waals surface area contributed by atoms with E-state index in [-0.39, 0.29) is 11.9 Å². The van der Waals surface area contributed by atoms with Gasteiger partial charge in [-0.2, -0.15) is 0 Å². The Bertz CT molecular complexity index is 1320. The Morgan fingerprint density at radius 1 is 1.18 bits per heavy atom. The third-order valence-corrected chi connectivity index (χ3v) is 6.93. The minimum atomic E-state index is 0.157. The quantitative estimate of drug-likeness (QED) is 0.427. The summed E-state index contributed by atoms with van der Waals surface area (Å²) in [7, 11) is 5.73. The second-order valence-electron chi connectivity index (χ2n) is 8.51. The van der Waals surface area contributed by atoms with Gasteiger partial charge < -0.3 is 24.8 Å². The average molecular weight is 478 g/mol. The Hall–Kier alpha value is -3.43. The first-order valence-corrected chi connectivity index (χ1v) is 11.9. The number of anilines is 1. The van der Waals surface area contributed by atoms with Crippen LogP contribution in [0.5, 0.6) is 17.2 Å². The van der Waals surface area contributed by atoms with Gasteiger partial charge in [0.15, 0.2) is 0 Å². The Morgan fingerprint density at radius 2 is 2.06 bits per heavy atom. The molecule has 1 unspecified atom stereocenters. The number of nitrogens with two attached hydrogens (primary N) is 1. The van der Waals surface area contributed by atoms with Gasteiger partial charge in [-0.05, 0) is 62.5 Å². The molecule has 0 radical (unpaired) electrons. The van der Waals surface area contributed by atoms with E-state index >= 15 is 0 Å². The Morgan fingerprint density at radius 3 is 2.85 bits per heavy atom. The molecule has 34 heavy (non-hydrogen) atoms. The van der Waals surface area contributed by atoms with Gasteiger partial charge in [0.2, 0.25) is 5.95 Å². The summed E-state index contributed by atoms with van der Waals surface area (Å²) in [5.41, 5.74) is 9.50. The number of nitrogen functional groups attached to an aromatic ring is 1. The van der Waals surface area contributed by atoms with E-state index in [2.05, 4.69) is 20.9 Å². The van der Waals surface area contributed by atoms with Gasteiger partial charge in [0, 0.05) is 24.2 Å². The number of hydrogen-bond donors (Lipinski definition) is 1. The number of hydrogen-bond acceptors (Lipinski definition) is 9. The highest BCUT2D eigenvalue weighted by Gasteiger charge is 2.26. The van der Waals surface area contributed by atoms with Gasteiger partial charge in [-0.15, -0.1) is 11.3 Å². The van der Waals surface area contributed by atoms with E-state index < -0.39 is 0 Å². The number of methoxy groups -OCH3 is 1. The Kier molecular flexibility index (Phi) is 6.21. The van der Waals surface area contributed by atoms with Crippen LogP contribution in [0, 0.1) is 0 Å². The molecule has 0 fully saturated rings. The standard InChI is InChI=1S/C25H27N5O3S/c1-30(2)8-9-32-21-12-15(19-6-7-27-25(26)28-19)13-22-23(21)29-24(34-22)17-10-16-11-18(31-3)4-5-20(16)33-14-17/h4-7,11-13,17H,8-10,14H2,1-3H3,(H2,26,27,28). The lowest BCUT2D eigenvalue weighted by molar-refractivity contribution is 0.260. The zero-order valence-corrected chi connectivity index (χ0v) is 20.3. The molecule has 0 saturated heterocycles. The summed E-state index contributed by atoms with van der Waals surface area (Å²) in [6.45, 7) is 1.95. The number of ether oxygens (including phenoxy) is 3. The number of likely N-dealkylation sites (N-methyl/N-ethyl adjacent to an activating group) is 1. The maximum absolute atomic E-state index is 6.19. The van der Waals surface area contributed by atoms with Gasteiger partial charge in [-0.3, -0.25) is 0 Å². The van der Waals surface area contributed by atoms with E-state index in [9.17, 15) is 0 Å². The van der Waals surface area contributed by atoms with Crippen molar-refractivity contribution < 1.29 is 14.2 Å². The summed E-state index contributed by atoms with van der Waals surface area (Å²) in [6, 6.07) is 11.9. The molecule has 8 nitrogen and oxygen atoms in total. The largest absolute Gasteiger partial charge is 0.497 e. The molecule has 3 heterocycles. The fourth-order valence-corrected chi connectivity index (χ4v) is 5.09. The molecule has 2 N–H and O–H groups in total. The average Bonchev–Trinajstić information content (AvgIpc) is 3.27. The van der Waals surface area contributed by atoms with E-state index in [1.807, 2.05) is 44.4 Å². The zero-order chi connectivity index (χ0) is 23.7. The molecule has 9 heteroatoms. The second-order valence-corrected chi connectivity index (χ2v) is 9.57. The van der Waals surface area contributed by atoms with Gasteiger partial charge in [0.1, 0.15) is 34.4 Å². The van der Waals surface area contributed by atoms with Crippen LogP contribution in [0.1, 0.15) is 16.5 Å². The monoisotopic (exact) mass is 477 g/mol. The van der Waals surface area contributed by atoms with Crippen molar-refractivity contribution in [3.63, 3.8) is 0 Å². The van der Waals surface area contributed by atoms with Crippen LogP contribution in [-0.2, 0) is 6.42 Å². The van der Waals surface area contributed by atoms with Crippen LogP contribution in [0.4, 0.5) is 5.95 Å². The molecule has 176 valence electrons. The third kappa shape index (κ3) is 4.62. The molecule has 1 aliphatic rings. The predicted octanol–water partition coefficient (Wildman–Crippen LogP) is 4.00. The zero-order valence-electron chi connectivity index (χ0n) is 19.4. The molecule has 0 aliphatic carbocycles. The summed E-state index contributed by atoms with van der Waals surface area (Å²) in [4.78, 5) is 15.5. The second kappa shape index (κ2) is 9.44. The van der Waals surface area contributed by atoms with Crippen molar-refractivity contribution >= 4 is 27.5 Å². The molecule has 1 atom stereocenters. The molecular weight excluding hydrogens is 450 g/mol. The number of aromatic nitrogens is 3. The molecule has 0 saturated carbocycles. The van der Waals surface area contributed by atoms with E-state index in [1.165, 1.54) is 0 Å². The fraction of sp³-hybridized carbons (Fsp3) is 0.320.